The van der Waals surface area contributed by atoms with Crippen molar-refractivity contribution < 1.29 is 4.39 Å². The van der Waals surface area contributed by atoms with Crippen LogP contribution in [-0.2, 0) is 6.42 Å². The van der Waals surface area contributed by atoms with Crippen molar-refractivity contribution in [1.82, 2.24) is 0 Å². The smallest absolute Gasteiger partial charge is 0.177 e. The molecule has 0 amide bonds. The fourth-order valence-corrected chi connectivity index (χ4v) is 4.13. The molecule has 0 saturated heterocycles. The molecule has 76 valence electrons. The summed E-state index contributed by atoms with van der Waals surface area (Å²) in [4.78, 5) is 1.12. The number of halogens is 2. The van der Waals surface area contributed by atoms with Crippen molar-refractivity contribution in [2.75, 3.05) is 0 Å². The van der Waals surface area contributed by atoms with E-state index in [2.05, 4.69) is 34.1 Å². The van der Waals surface area contributed by atoms with Crippen molar-refractivity contribution in [3.05, 3.63) is 41.2 Å². The molecule has 15 heavy (non-hydrogen) atoms. The normalized spacial score (nSPS) is 13.5. The first kappa shape index (κ1) is 9.75. The number of thiophene rings is 2. The minimum absolute atomic E-state index is 0.0938. The van der Waals surface area contributed by atoms with E-state index in [0.29, 0.717) is 0 Å². The Balaban J connectivity index is 2.32. The predicted molar refractivity (Wildman–Crippen MR) is 67.3 cm³/mol. The second-order valence-corrected chi connectivity index (χ2v) is 6.90. The summed E-state index contributed by atoms with van der Waals surface area (Å²) in [5.41, 5.74) is 1.03. The third-order valence-corrected chi connectivity index (χ3v) is 4.93. The van der Waals surface area contributed by atoms with Crippen LogP contribution in [0, 0.1) is 5.13 Å². The van der Waals surface area contributed by atoms with E-state index in [0.717, 1.165) is 20.6 Å². The lowest BCUT2D eigenvalue weighted by Gasteiger charge is -1.89. The molecule has 2 heterocycles. The topological polar surface area (TPSA) is 0 Å². The van der Waals surface area contributed by atoms with Crippen molar-refractivity contribution in [2.24, 2.45) is 0 Å². The van der Waals surface area contributed by atoms with Crippen LogP contribution in [0.4, 0.5) is 4.39 Å². The van der Waals surface area contributed by atoms with Crippen LogP contribution in [0.2, 0.25) is 0 Å². The highest BCUT2D eigenvalue weighted by Crippen LogP contribution is 2.24. The summed E-state index contributed by atoms with van der Waals surface area (Å²) in [6.07, 6.45) is 5.06. The molecule has 0 bridgehead atoms. The van der Waals surface area contributed by atoms with Gasteiger partial charge in [-0.05, 0) is 44.9 Å². The van der Waals surface area contributed by atoms with Crippen LogP contribution in [0.5, 0.6) is 0 Å². The SMILES string of the molecule is Fc1cc2c(s1)CC=c1cc(Br)sc1=C2. The summed E-state index contributed by atoms with van der Waals surface area (Å²) >= 11 is 6.40. The van der Waals surface area contributed by atoms with E-state index in [4.69, 9.17) is 0 Å². The minimum Gasteiger partial charge on any atom is -0.195 e. The lowest BCUT2D eigenvalue weighted by Crippen LogP contribution is -2.16. The van der Waals surface area contributed by atoms with Gasteiger partial charge in [0.1, 0.15) is 0 Å². The van der Waals surface area contributed by atoms with E-state index in [1.807, 2.05) is 0 Å². The fourth-order valence-electron chi connectivity index (χ4n) is 1.69. The zero-order valence-corrected chi connectivity index (χ0v) is 10.8. The molecule has 2 aromatic heterocycles. The molecule has 0 radical (unpaired) electrons. The van der Waals surface area contributed by atoms with Crippen molar-refractivity contribution in [2.45, 2.75) is 6.42 Å². The van der Waals surface area contributed by atoms with Gasteiger partial charge in [-0.15, -0.1) is 22.7 Å². The van der Waals surface area contributed by atoms with Gasteiger partial charge in [0.15, 0.2) is 5.13 Å². The third kappa shape index (κ3) is 1.71. The number of hydrogen-bond donors (Lipinski definition) is 0. The van der Waals surface area contributed by atoms with Gasteiger partial charge in [0.2, 0.25) is 0 Å². The molecule has 3 rings (SSSR count). The number of hydrogen-bond acceptors (Lipinski definition) is 2. The van der Waals surface area contributed by atoms with E-state index in [-0.39, 0.29) is 5.13 Å². The van der Waals surface area contributed by atoms with E-state index >= 15 is 0 Å². The van der Waals surface area contributed by atoms with Crippen molar-refractivity contribution in [3.63, 3.8) is 0 Å². The Bertz CT molecular complexity index is 636. The van der Waals surface area contributed by atoms with Gasteiger partial charge < -0.3 is 0 Å². The molecule has 4 heteroatoms. The molecule has 0 saturated carbocycles. The molecule has 0 unspecified atom stereocenters. The molecular weight excluding hydrogens is 295 g/mol. The molecule has 0 spiro atoms. The second kappa shape index (κ2) is 3.54. The summed E-state index contributed by atoms with van der Waals surface area (Å²) in [6, 6.07) is 3.74. The highest BCUT2D eigenvalue weighted by Gasteiger charge is 2.09. The zero-order valence-electron chi connectivity index (χ0n) is 7.59. The lowest BCUT2D eigenvalue weighted by atomic mass is 10.2. The van der Waals surface area contributed by atoms with Crippen molar-refractivity contribution in [1.29, 1.82) is 0 Å². The Hall–Kier alpha value is -0.450. The van der Waals surface area contributed by atoms with Crippen LogP contribution < -0.4 is 9.75 Å². The molecule has 0 nitrogen and oxygen atoms in total. The van der Waals surface area contributed by atoms with E-state index in [1.165, 1.54) is 21.1 Å². The Kier molecular flexibility index (Phi) is 2.30. The molecule has 1 aliphatic rings. The molecule has 0 fully saturated rings. The summed E-state index contributed by atoms with van der Waals surface area (Å²) < 4.78 is 15.4. The average molecular weight is 301 g/mol. The second-order valence-electron chi connectivity index (χ2n) is 3.35. The molecule has 0 aliphatic heterocycles. The summed E-state index contributed by atoms with van der Waals surface area (Å²) in [5, 5.41) is 1.15. The van der Waals surface area contributed by atoms with E-state index in [9.17, 15) is 4.39 Å². The van der Waals surface area contributed by atoms with Crippen LogP contribution in [0.3, 0.4) is 0 Å². The van der Waals surface area contributed by atoms with Gasteiger partial charge in [-0.3, -0.25) is 0 Å². The summed E-state index contributed by atoms with van der Waals surface area (Å²) in [7, 11) is 0. The molecule has 0 aromatic carbocycles. The first-order valence-corrected chi connectivity index (χ1v) is 6.90. The van der Waals surface area contributed by atoms with Crippen LogP contribution in [-0.4, -0.2) is 0 Å². The monoisotopic (exact) mass is 300 g/mol. The van der Waals surface area contributed by atoms with Crippen LogP contribution in [0.1, 0.15) is 10.4 Å². The molecule has 0 N–H and O–H groups in total. The van der Waals surface area contributed by atoms with Gasteiger partial charge in [-0.1, -0.05) is 6.08 Å². The fraction of sp³-hybridized carbons (Fsp3) is 0.0909. The van der Waals surface area contributed by atoms with Crippen molar-refractivity contribution >= 4 is 50.8 Å². The van der Waals surface area contributed by atoms with Gasteiger partial charge in [0.25, 0.3) is 0 Å². The third-order valence-electron chi connectivity index (χ3n) is 2.37. The van der Waals surface area contributed by atoms with Gasteiger partial charge in [0, 0.05) is 15.8 Å². The molecular formula is C11H6BrFS2. The van der Waals surface area contributed by atoms with E-state index < -0.39 is 0 Å². The highest BCUT2D eigenvalue weighted by molar-refractivity contribution is 9.11. The number of fused-ring (bicyclic) bond motifs is 2. The van der Waals surface area contributed by atoms with Crippen molar-refractivity contribution in [3.8, 4) is 0 Å². The Morgan fingerprint density at radius 1 is 1.27 bits per heavy atom. The quantitative estimate of drug-likeness (QED) is 0.702. The van der Waals surface area contributed by atoms with Crippen LogP contribution in [0.15, 0.2) is 15.9 Å². The standard InChI is InChI=1S/C11H6BrFS2/c12-10-4-6-1-2-8-7(3-9(6)14-10)5-11(13)15-8/h1,3-5H,2H2. The maximum atomic E-state index is 13.1. The number of rotatable bonds is 0. The summed E-state index contributed by atoms with van der Waals surface area (Å²) in [6.45, 7) is 0. The maximum Gasteiger partial charge on any atom is 0.177 e. The van der Waals surface area contributed by atoms with Gasteiger partial charge in [-0.2, -0.15) is 4.39 Å². The zero-order chi connectivity index (χ0) is 10.4. The Labute approximate surface area is 103 Å². The molecule has 0 atom stereocenters. The molecule has 2 aromatic rings. The van der Waals surface area contributed by atoms with Gasteiger partial charge >= 0.3 is 0 Å². The maximum absolute atomic E-state index is 13.1. The first-order chi connectivity index (χ1) is 7.22. The predicted octanol–water partition coefficient (Wildman–Crippen LogP) is 2.88. The largest absolute Gasteiger partial charge is 0.195 e. The highest BCUT2D eigenvalue weighted by atomic mass is 79.9. The van der Waals surface area contributed by atoms with Crippen LogP contribution >= 0.6 is 38.6 Å². The Morgan fingerprint density at radius 3 is 3.00 bits per heavy atom. The van der Waals surface area contributed by atoms with Gasteiger partial charge in [0.05, 0.1) is 3.79 Å². The van der Waals surface area contributed by atoms with E-state index in [1.54, 1.807) is 17.4 Å². The van der Waals surface area contributed by atoms with Crippen LogP contribution in [0.25, 0.3) is 12.2 Å². The average Bonchev–Trinajstić information content (AvgIpc) is 2.65. The lowest BCUT2D eigenvalue weighted by molar-refractivity contribution is 0.657. The first-order valence-electron chi connectivity index (χ1n) is 4.48. The minimum atomic E-state index is -0.0938. The molecule has 1 aliphatic carbocycles. The summed E-state index contributed by atoms with van der Waals surface area (Å²) in [5.74, 6) is 0. The Morgan fingerprint density at radius 2 is 2.13 bits per heavy atom. The van der Waals surface area contributed by atoms with Gasteiger partial charge in [-0.25, -0.2) is 0 Å².